The van der Waals surface area contributed by atoms with Crippen LogP contribution in [0.2, 0.25) is 0 Å². The van der Waals surface area contributed by atoms with E-state index in [1.807, 2.05) is 0 Å². The monoisotopic (exact) mass is 358 g/mol. The van der Waals surface area contributed by atoms with Crippen LogP contribution in [0, 0.1) is 0 Å². The zero-order chi connectivity index (χ0) is 17.7. The number of unbranched alkanes of at least 4 members (excludes halogenated alkanes) is 15. The van der Waals surface area contributed by atoms with Gasteiger partial charge in [-0.3, -0.25) is 4.79 Å². The molecular weight excluding hydrogens is 316 g/mol. The van der Waals surface area contributed by atoms with E-state index in [1.54, 1.807) is 11.8 Å². The number of carboxylic acids is 1. The van der Waals surface area contributed by atoms with Crippen LogP contribution in [0.15, 0.2) is 0 Å². The van der Waals surface area contributed by atoms with Gasteiger partial charge in [-0.2, -0.15) is 11.8 Å². The molecule has 24 heavy (non-hydrogen) atoms. The molecule has 0 saturated carbocycles. The van der Waals surface area contributed by atoms with E-state index in [2.05, 4.69) is 6.92 Å². The molecule has 0 aromatic heterocycles. The minimum absolute atomic E-state index is 0.309. The number of hydrogen-bond acceptors (Lipinski definition) is 2. The highest BCUT2D eigenvalue weighted by atomic mass is 32.2. The molecule has 0 amide bonds. The van der Waals surface area contributed by atoms with Gasteiger partial charge < -0.3 is 5.11 Å². The molecule has 0 rings (SSSR count). The Balaban J connectivity index is 2.97. The summed E-state index contributed by atoms with van der Waals surface area (Å²) < 4.78 is 0. The van der Waals surface area contributed by atoms with E-state index in [0.717, 1.165) is 11.5 Å². The van der Waals surface area contributed by atoms with Gasteiger partial charge in [0.15, 0.2) is 0 Å². The average molecular weight is 359 g/mol. The van der Waals surface area contributed by atoms with Crippen LogP contribution in [-0.4, -0.2) is 22.6 Å². The molecule has 3 heteroatoms. The number of carbonyl (C=O) groups is 1. The number of thioether (sulfide) groups is 1. The van der Waals surface area contributed by atoms with Crippen molar-refractivity contribution in [3.05, 3.63) is 0 Å². The van der Waals surface area contributed by atoms with Gasteiger partial charge in [-0.1, -0.05) is 103 Å². The Kier molecular flexibility index (Phi) is 20.7. The molecule has 0 aliphatic rings. The third-order valence-corrected chi connectivity index (χ3v) is 5.67. The highest BCUT2D eigenvalue weighted by molar-refractivity contribution is 7.99. The van der Waals surface area contributed by atoms with Crippen molar-refractivity contribution in [2.24, 2.45) is 0 Å². The first-order valence-electron chi connectivity index (χ1n) is 10.6. The van der Waals surface area contributed by atoms with Gasteiger partial charge in [0.25, 0.3) is 0 Å². The van der Waals surface area contributed by atoms with Gasteiger partial charge in [-0.25, -0.2) is 0 Å². The van der Waals surface area contributed by atoms with Crippen LogP contribution in [-0.2, 0) is 4.79 Å². The van der Waals surface area contributed by atoms with E-state index >= 15 is 0 Å². The molecule has 1 N–H and O–H groups in total. The lowest BCUT2D eigenvalue weighted by molar-refractivity contribution is -0.136. The summed E-state index contributed by atoms with van der Waals surface area (Å²) in [5, 5.41) is 8.54. The van der Waals surface area contributed by atoms with E-state index in [-0.39, 0.29) is 0 Å². The quantitative estimate of drug-likeness (QED) is 0.229. The average Bonchev–Trinajstić information content (AvgIpc) is 2.56. The predicted octanol–water partition coefficient (Wildman–Crippen LogP) is 7.46. The molecule has 0 fully saturated rings. The molecule has 0 bridgehead atoms. The van der Waals surface area contributed by atoms with Gasteiger partial charge in [0.1, 0.15) is 0 Å². The normalized spacial score (nSPS) is 11.0. The van der Waals surface area contributed by atoms with Crippen LogP contribution >= 0.6 is 11.8 Å². The SMILES string of the molecule is CCCCCCCCCCCCCCCCCCSCCC(=O)O. The minimum atomic E-state index is -0.672. The van der Waals surface area contributed by atoms with Crippen molar-refractivity contribution in [3.63, 3.8) is 0 Å². The lowest BCUT2D eigenvalue weighted by atomic mass is 10.0. The molecule has 0 saturated heterocycles. The van der Waals surface area contributed by atoms with Crippen molar-refractivity contribution in [3.8, 4) is 0 Å². The molecule has 0 heterocycles. The maximum atomic E-state index is 10.4. The topological polar surface area (TPSA) is 37.3 Å². The standard InChI is InChI=1S/C21H42O2S/c1-2-3-4-5-6-7-8-9-10-11-12-13-14-15-16-17-19-24-20-18-21(22)23/h2-20H2,1H3,(H,22,23). The Morgan fingerprint density at radius 1 is 0.625 bits per heavy atom. The largest absolute Gasteiger partial charge is 0.481 e. The number of carboxylic acid groups (broad SMARTS) is 1. The zero-order valence-electron chi connectivity index (χ0n) is 16.2. The van der Waals surface area contributed by atoms with Crippen molar-refractivity contribution in [2.45, 2.75) is 116 Å². The summed E-state index contributed by atoms with van der Waals surface area (Å²) in [4.78, 5) is 10.4. The molecule has 0 atom stereocenters. The molecule has 0 aliphatic heterocycles. The summed E-state index contributed by atoms with van der Waals surface area (Å²) in [7, 11) is 0. The second-order valence-corrected chi connectivity index (χ2v) is 8.28. The van der Waals surface area contributed by atoms with Crippen LogP contribution in [0.25, 0.3) is 0 Å². The molecule has 0 radical (unpaired) electrons. The van der Waals surface area contributed by atoms with E-state index in [9.17, 15) is 4.79 Å². The van der Waals surface area contributed by atoms with Gasteiger partial charge in [0.05, 0.1) is 6.42 Å². The van der Waals surface area contributed by atoms with E-state index in [4.69, 9.17) is 5.11 Å². The van der Waals surface area contributed by atoms with Crippen LogP contribution in [0.1, 0.15) is 116 Å². The summed E-state index contributed by atoms with van der Waals surface area (Å²) in [5.41, 5.74) is 0. The molecular formula is C21H42O2S. The van der Waals surface area contributed by atoms with Crippen LogP contribution in [0.5, 0.6) is 0 Å². The zero-order valence-corrected chi connectivity index (χ0v) is 17.0. The lowest BCUT2D eigenvalue weighted by Gasteiger charge is -2.03. The van der Waals surface area contributed by atoms with Gasteiger partial charge in [0.2, 0.25) is 0 Å². The molecule has 144 valence electrons. The second kappa shape index (κ2) is 20.9. The summed E-state index contributed by atoms with van der Waals surface area (Å²) in [6.45, 7) is 2.28. The van der Waals surface area contributed by atoms with E-state index in [0.29, 0.717) is 6.42 Å². The van der Waals surface area contributed by atoms with Gasteiger partial charge in [-0.05, 0) is 12.2 Å². The van der Waals surface area contributed by atoms with E-state index in [1.165, 1.54) is 103 Å². The summed E-state index contributed by atoms with van der Waals surface area (Å²) in [5.74, 6) is 1.23. The van der Waals surface area contributed by atoms with Gasteiger partial charge in [0, 0.05) is 5.75 Å². The van der Waals surface area contributed by atoms with Crippen molar-refractivity contribution in [1.29, 1.82) is 0 Å². The highest BCUT2D eigenvalue weighted by Crippen LogP contribution is 2.14. The highest BCUT2D eigenvalue weighted by Gasteiger charge is 1.97. The Morgan fingerprint density at radius 2 is 1.00 bits per heavy atom. The van der Waals surface area contributed by atoms with Gasteiger partial charge in [-0.15, -0.1) is 0 Å². The molecule has 0 spiro atoms. The molecule has 0 aromatic rings. The fraction of sp³-hybridized carbons (Fsp3) is 0.952. The molecule has 0 aromatic carbocycles. The number of hydrogen-bond donors (Lipinski definition) is 1. The second-order valence-electron chi connectivity index (χ2n) is 7.06. The Bertz CT molecular complexity index is 256. The summed E-state index contributed by atoms with van der Waals surface area (Å²) in [6, 6.07) is 0. The summed E-state index contributed by atoms with van der Waals surface area (Å²) >= 11 is 1.79. The van der Waals surface area contributed by atoms with Crippen LogP contribution in [0.4, 0.5) is 0 Å². The first-order valence-corrected chi connectivity index (χ1v) is 11.7. The lowest BCUT2D eigenvalue weighted by Crippen LogP contribution is -1.96. The maximum absolute atomic E-state index is 10.4. The third-order valence-electron chi connectivity index (χ3n) is 4.60. The molecule has 0 aliphatic carbocycles. The molecule has 2 nitrogen and oxygen atoms in total. The Morgan fingerprint density at radius 3 is 1.38 bits per heavy atom. The minimum Gasteiger partial charge on any atom is -0.481 e. The third kappa shape index (κ3) is 21.8. The first kappa shape index (κ1) is 23.8. The fourth-order valence-electron chi connectivity index (χ4n) is 3.01. The van der Waals surface area contributed by atoms with Crippen LogP contribution < -0.4 is 0 Å². The fourth-order valence-corrected chi connectivity index (χ4v) is 3.95. The number of rotatable bonds is 20. The Hall–Kier alpha value is -0.180. The van der Waals surface area contributed by atoms with Gasteiger partial charge >= 0.3 is 5.97 Å². The smallest absolute Gasteiger partial charge is 0.304 e. The van der Waals surface area contributed by atoms with Crippen molar-refractivity contribution >= 4 is 17.7 Å². The molecule has 0 unspecified atom stereocenters. The number of aliphatic carboxylic acids is 1. The Labute approximate surface area is 155 Å². The first-order chi connectivity index (χ1) is 11.8. The van der Waals surface area contributed by atoms with E-state index < -0.39 is 5.97 Å². The summed E-state index contributed by atoms with van der Waals surface area (Å²) in [6.07, 6.45) is 22.8. The van der Waals surface area contributed by atoms with Crippen LogP contribution in [0.3, 0.4) is 0 Å². The maximum Gasteiger partial charge on any atom is 0.304 e. The van der Waals surface area contributed by atoms with Crippen molar-refractivity contribution in [1.82, 2.24) is 0 Å². The van der Waals surface area contributed by atoms with Crippen molar-refractivity contribution < 1.29 is 9.90 Å². The van der Waals surface area contributed by atoms with Crippen molar-refractivity contribution in [2.75, 3.05) is 11.5 Å². The predicted molar refractivity (Wildman–Crippen MR) is 109 cm³/mol.